The van der Waals surface area contributed by atoms with Crippen molar-refractivity contribution in [2.45, 2.75) is 32.9 Å². The summed E-state index contributed by atoms with van der Waals surface area (Å²) in [6, 6.07) is 7.98. The average Bonchev–Trinajstić information content (AvgIpc) is 2.41. The first-order valence-electron chi connectivity index (χ1n) is 7.73. The summed E-state index contributed by atoms with van der Waals surface area (Å²) in [4.78, 5) is 16.4. The van der Waals surface area contributed by atoms with Crippen molar-refractivity contribution in [2.75, 3.05) is 32.7 Å². The molecule has 0 saturated carbocycles. The second kappa shape index (κ2) is 7.44. The van der Waals surface area contributed by atoms with Crippen molar-refractivity contribution in [3.05, 3.63) is 34.9 Å². The number of hydrogen-bond acceptors (Lipinski definition) is 4. The largest absolute Gasteiger partial charge is 0.459 e. The molecule has 122 valence electrons. The predicted molar refractivity (Wildman–Crippen MR) is 89.0 cm³/mol. The molecule has 0 radical (unpaired) electrons. The first-order valence-corrected chi connectivity index (χ1v) is 8.11. The van der Waals surface area contributed by atoms with Gasteiger partial charge in [-0.05, 0) is 38.5 Å². The van der Waals surface area contributed by atoms with E-state index in [4.69, 9.17) is 16.3 Å². The topological polar surface area (TPSA) is 32.8 Å². The van der Waals surface area contributed by atoms with Crippen LogP contribution in [-0.4, -0.2) is 54.1 Å². The molecule has 1 fully saturated rings. The van der Waals surface area contributed by atoms with Crippen molar-refractivity contribution in [3.8, 4) is 0 Å². The van der Waals surface area contributed by atoms with E-state index in [1.165, 1.54) is 5.56 Å². The SMILES string of the molecule is CC(C)(C)OC(=O)CN1CCN(Cc2ccc(Cl)cc2)CC1. The minimum atomic E-state index is -0.409. The first-order chi connectivity index (χ1) is 10.3. The number of esters is 1. The van der Waals surface area contributed by atoms with Gasteiger partial charge < -0.3 is 4.74 Å². The Morgan fingerprint density at radius 2 is 1.64 bits per heavy atom. The van der Waals surface area contributed by atoms with Crippen LogP contribution in [0.3, 0.4) is 0 Å². The van der Waals surface area contributed by atoms with Crippen LogP contribution in [-0.2, 0) is 16.1 Å². The monoisotopic (exact) mass is 324 g/mol. The number of nitrogens with zero attached hydrogens (tertiary/aromatic N) is 2. The van der Waals surface area contributed by atoms with Crippen molar-refractivity contribution in [3.63, 3.8) is 0 Å². The quantitative estimate of drug-likeness (QED) is 0.797. The minimum Gasteiger partial charge on any atom is -0.459 e. The Morgan fingerprint density at radius 3 is 2.18 bits per heavy atom. The number of carbonyl (C=O) groups is 1. The molecule has 0 unspecified atom stereocenters. The summed E-state index contributed by atoms with van der Waals surface area (Å²) in [6.45, 7) is 10.7. The van der Waals surface area contributed by atoms with Crippen molar-refractivity contribution in [2.24, 2.45) is 0 Å². The summed E-state index contributed by atoms with van der Waals surface area (Å²) in [7, 11) is 0. The van der Waals surface area contributed by atoms with Crippen molar-refractivity contribution in [1.82, 2.24) is 9.80 Å². The van der Waals surface area contributed by atoms with Crippen LogP contribution in [0.1, 0.15) is 26.3 Å². The number of hydrogen-bond donors (Lipinski definition) is 0. The number of piperazine rings is 1. The van der Waals surface area contributed by atoms with E-state index in [2.05, 4.69) is 21.9 Å². The molecule has 0 aromatic heterocycles. The number of benzene rings is 1. The molecule has 4 nitrogen and oxygen atoms in total. The Hall–Kier alpha value is -1.10. The molecule has 1 aliphatic heterocycles. The summed E-state index contributed by atoms with van der Waals surface area (Å²) in [5.74, 6) is -0.140. The maximum atomic E-state index is 11.8. The minimum absolute atomic E-state index is 0.140. The van der Waals surface area contributed by atoms with Crippen molar-refractivity contribution in [1.29, 1.82) is 0 Å². The zero-order chi connectivity index (χ0) is 16.2. The van der Waals surface area contributed by atoms with Crippen molar-refractivity contribution < 1.29 is 9.53 Å². The molecule has 0 atom stereocenters. The lowest BCUT2D eigenvalue weighted by Crippen LogP contribution is -2.48. The van der Waals surface area contributed by atoms with Gasteiger partial charge in [-0.3, -0.25) is 14.6 Å². The highest BCUT2D eigenvalue weighted by Gasteiger charge is 2.22. The highest BCUT2D eigenvalue weighted by Crippen LogP contribution is 2.13. The van der Waals surface area contributed by atoms with E-state index in [9.17, 15) is 4.79 Å². The zero-order valence-corrected chi connectivity index (χ0v) is 14.4. The molecule has 5 heteroatoms. The van der Waals surface area contributed by atoms with E-state index in [0.717, 1.165) is 37.7 Å². The molecule has 1 saturated heterocycles. The molecule has 0 aliphatic carbocycles. The Labute approximate surface area is 138 Å². The third kappa shape index (κ3) is 5.95. The third-order valence-corrected chi connectivity index (χ3v) is 3.81. The lowest BCUT2D eigenvalue weighted by Gasteiger charge is -2.34. The maximum absolute atomic E-state index is 11.8. The van der Waals surface area contributed by atoms with Crippen LogP contribution in [0.5, 0.6) is 0 Å². The Bertz CT molecular complexity index is 488. The standard InChI is InChI=1S/C17H25ClN2O2/c1-17(2,3)22-16(21)13-20-10-8-19(9-11-20)12-14-4-6-15(18)7-5-14/h4-7H,8-13H2,1-3H3. The van der Waals surface area contributed by atoms with E-state index in [1.807, 2.05) is 32.9 Å². The third-order valence-electron chi connectivity index (χ3n) is 3.56. The van der Waals surface area contributed by atoms with Gasteiger partial charge in [-0.15, -0.1) is 0 Å². The number of rotatable bonds is 4. The second-order valence-corrected chi connectivity index (χ2v) is 7.20. The highest BCUT2D eigenvalue weighted by molar-refractivity contribution is 6.30. The Kier molecular flexibility index (Phi) is 5.84. The van der Waals surface area contributed by atoms with Gasteiger partial charge in [-0.2, -0.15) is 0 Å². The Morgan fingerprint density at radius 1 is 1.09 bits per heavy atom. The molecule has 0 spiro atoms. The lowest BCUT2D eigenvalue weighted by molar-refractivity contribution is -0.156. The molecule has 2 rings (SSSR count). The average molecular weight is 325 g/mol. The van der Waals surface area contributed by atoms with Gasteiger partial charge in [0.25, 0.3) is 0 Å². The van der Waals surface area contributed by atoms with Gasteiger partial charge in [-0.1, -0.05) is 23.7 Å². The second-order valence-electron chi connectivity index (χ2n) is 6.77. The molecule has 0 N–H and O–H groups in total. The number of halogens is 1. The van der Waals surface area contributed by atoms with Gasteiger partial charge in [0, 0.05) is 37.7 Å². The normalized spacial score (nSPS) is 17.5. The van der Waals surface area contributed by atoms with E-state index in [-0.39, 0.29) is 5.97 Å². The molecular weight excluding hydrogens is 300 g/mol. The van der Waals surface area contributed by atoms with Gasteiger partial charge >= 0.3 is 5.97 Å². The van der Waals surface area contributed by atoms with Crippen LogP contribution in [0.15, 0.2) is 24.3 Å². The smallest absolute Gasteiger partial charge is 0.320 e. The van der Waals surface area contributed by atoms with Crippen LogP contribution in [0.4, 0.5) is 0 Å². The predicted octanol–water partition coefficient (Wildman–Crippen LogP) is 2.80. The van der Waals surface area contributed by atoms with Crippen LogP contribution in [0.2, 0.25) is 5.02 Å². The summed E-state index contributed by atoms with van der Waals surface area (Å²) in [5.41, 5.74) is 0.859. The molecular formula is C17H25ClN2O2. The van der Waals surface area contributed by atoms with Gasteiger partial charge in [0.05, 0.1) is 6.54 Å². The molecule has 22 heavy (non-hydrogen) atoms. The molecule has 0 bridgehead atoms. The van der Waals surface area contributed by atoms with E-state index in [0.29, 0.717) is 6.54 Å². The van der Waals surface area contributed by atoms with Crippen LogP contribution >= 0.6 is 11.6 Å². The Balaban J connectivity index is 1.73. The van der Waals surface area contributed by atoms with Gasteiger partial charge in [0.1, 0.15) is 5.60 Å². The fourth-order valence-electron chi connectivity index (χ4n) is 2.51. The highest BCUT2D eigenvalue weighted by atomic mass is 35.5. The fraction of sp³-hybridized carbons (Fsp3) is 0.588. The van der Waals surface area contributed by atoms with Crippen molar-refractivity contribution >= 4 is 17.6 Å². The summed E-state index contributed by atoms with van der Waals surface area (Å²) in [5, 5.41) is 0.769. The first kappa shape index (κ1) is 17.3. The molecule has 1 aliphatic rings. The molecule has 1 aromatic carbocycles. The van der Waals surface area contributed by atoms with Crippen LogP contribution in [0.25, 0.3) is 0 Å². The van der Waals surface area contributed by atoms with Crippen LogP contribution in [0, 0.1) is 0 Å². The molecule has 1 aromatic rings. The molecule has 0 amide bonds. The lowest BCUT2D eigenvalue weighted by atomic mass is 10.2. The van der Waals surface area contributed by atoms with Crippen LogP contribution < -0.4 is 0 Å². The molecule has 1 heterocycles. The van der Waals surface area contributed by atoms with E-state index >= 15 is 0 Å². The summed E-state index contributed by atoms with van der Waals surface area (Å²) >= 11 is 5.90. The number of ether oxygens (including phenoxy) is 1. The van der Waals surface area contributed by atoms with Gasteiger partial charge in [0.2, 0.25) is 0 Å². The fourth-order valence-corrected chi connectivity index (χ4v) is 2.64. The van der Waals surface area contributed by atoms with E-state index < -0.39 is 5.60 Å². The van der Waals surface area contributed by atoms with E-state index in [1.54, 1.807) is 0 Å². The number of carbonyl (C=O) groups excluding carboxylic acids is 1. The summed E-state index contributed by atoms with van der Waals surface area (Å²) < 4.78 is 5.37. The van der Waals surface area contributed by atoms with Gasteiger partial charge in [0.15, 0.2) is 0 Å². The summed E-state index contributed by atoms with van der Waals surface area (Å²) in [6.07, 6.45) is 0. The van der Waals surface area contributed by atoms with Gasteiger partial charge in [-0.25, -0.2) is 0 Å². The maximum Gasteiger partial charge on any atom is 0.320 e. The zero-order valence-electron chi connectivity index (χ0n) is 13.6.